The standard InChI is InChI=1S/C25H17N3O5/c1-32-21-12-11-19-22(24(29)18-9-7-16(13-26)8-10-18)20(28(30)31)14-27-23(19)25(21)33-15-17-5-3-2-4-6-17/h2-12,14H,15H2,1H3. The average molecular weight is 439 g/mol. The van der Waals surface area contributed by atoms with Crippen LogP contribution in [0.3, 0.4) is 0 Å². The first-order chi connectivity index (χ1) is 16.0. The monoisotopic (exact) mass is 439 g/mol. The van der Waals surface area contributed by atoms with Crippen LogP contribution in [0.25, 0.3) is 10.9 Å². The minimum absolute atomic E-state index is 0.109. The van der Waals surface area contributed by atoms with Gasteiger partial charge in [-0.2, -0.15) is 5.26 Å². The van der Waals surface area contributed by atoms with Crippen molar-refractivity contribution >= 4 is 22.4 Å². The summed E-state index contributed by atoms with van der Waals surface area (Å²) >= 11 is 0. The predicted octanol–water partition coefficient (Wildman–Crippen LogP) is 4.83. The molecule has 0 spiro atoms. The number of hydrogen-bond acceptors (Lipinski definition) is 7. The summed E-state index contributed by atoms with van der Waals surface area (Å²) in [6.45, 7) is 0.216. The van der Waals surface area contributed by atoms with Crippen LogP contribution in [0.5, 0.6) is 11.5 Å². The summed E-state index contributed by atoms with van der Waals surface area (Å²) < 4.78 is 11.4. The molecule has 4 aromatic rings. The van der Waals surface area contributed by atoms with Gasteiger partial charge >= 0.3 is 0 Å². The summed E-state index contributed by atoms with van der Waals surface area (Å²) in [5, 5.41) is 21.0. The van der Waals surface area contributed by atoms with Crippen LogP contribution in [0.4, 0.5) is 5.69 Å². The van der Waals surface area contributed by atoms with Crippen LogP contribution < -0.4 is 9.47 Å². The zero-order chi connectivity index (χ0) is 23.4. The SMILES string of the molecule is COc1ccc2c(C(=O)c3ccc(C#N)cc3)c([N+](=O)[O-])cnc2c1OCc1ccccc1. The van der Waals surface area contributed by atoms with Crippen LogP contribution in [0.15, 0.2) is 72.9 Å². The maximum atomic E-state index is 13.3. The first-order valence-electron chi connectivity index (χ1n) is 9.89. The zero-order valence-corrected chi connectivity index (χ0v) is 17.5. The number of nitriles is 1. The number of methoxy groups -OCH3 is 1. The van der Waals surface area contributed by atoms with Gasteiger partial charge in [0, 0.05) is 10.9 Å². The minimum atomic E-state index is -0.641. The van der Waals surface area contributed by atoms with Crippen LogP contribution in [0, 0.1) is 21.4 Å². The summed E-state index contributed by atoms with van der Waals surface area (Å²) in [6, 6.07) is 20.5. The highest BCUT2D eigenvalue weighted by atomic mass is 16.6. The normalized spacial score (nSPS) is 10.4. The predicted molar refractivity (Wildman–Crippen MR) is 120 cm³/mol. The van der Waals surface area contributed by atoms with Crippen molar-refractivity contribution in [3.8, 4) is 17.6 Å². The van der Waals surface area contributed by atoms with E-state index in [4.69, 9.17) is 14.7 Å². The van der Waals surface area contributed by atoms with E-state index in [-0.39, 0.29) is 34.4 Å². The highest BCUT2D eigenvalue weighted by molar-refractivity contribution is 6.19. The van der Waals surface area contributed by atoms with Gasteiger partial charge in [0.25, 0.3) is 5.69 Å². The van der Waals surface area contributed by atoms with Gasteiger partial charge < -0.3 is 9.47 Å². The molecular formula is C25H17N3O5. The Morgan fingerprint density at radius 1 is 1.09 bits per heavy atom. The summed E-state index contributed by atoms with van der Waals surface area (Å²) in [5.74, 6) is 0.108. The fourth-order valence-electron chi connectivity index (χ4n) is 3.46. The molecule has 0 aliphatic rings. The number of pyridine rings is 1. The number of ether oxygens (including phenoxy) is 2. The molecule has 4 rings (SSSR count). The van der Waals surface area contributed by atoms with E-state index in [1.807, 2.05) is 36.4 Å². The van der Waals surface area contributed by atoms with E-state index in [1.54, 1.807) is 12.1 Å². The van der Waals surface area contributed by atoms with Crippen molar-refractivity contribution in [1.29, 1.82) is 5.26 Å². The summed E-state index contributed by atoms with van der Waals surface area (Å²) in [4.78, 5) is 28.7. The number of nitro groups is 1. The van der Waals surface area contributed by atoms with E-state index in [2.05, 4.69) is 4.98 Å². The molecule has 0 saturated heterocycles. The van der Waals surface area contributed by atoms with Crippen LogP contribution in [-0.4, -0.2) is 22.8 Å². The quantitative estimate of drug-likeness (QED) is 0.230. The van der Waals surface area contributed by atoms with E-state index in [0.717, 1.165) is 11.8 Å². The van der Waals surface area contributed by atoms with E-state index in [9.17, 15) is 14.9 Å². The second-order valence-electron chi connectivity index (χ2n) is 7.06. The van der Waals surface area contributed by atoms with Crippen LogP contribution >= 0.6 is 0 Å². The number of benzene rings is 3. The van der Waals surface area contributed by atoms with Crippen molar-refractivity contribution < 1.29 is 19.2 Å². The first kappa shape index (κ1) is 21.5. The van der Waals surface area contributed by atoms with Gasteiger partial charge in [0.15, 0.2) is 11.5 Å². The van der Waals surface area contributed by atoms with Gasteiger partial charge in [-0.15, -0.1) is 0 Å². The molecular weight excluding hydrogens is 422 g/mol. The summed E-state index contributed by atoms with van der Waals surface area (Å²) in [5.41, 5.74) is 1.24. The minimum Gasteiger partial charge on any atom is -0.493 e. The Hall–Kier alpha value is -4.77. The van der Waals surface area contributed by atoms with Gasteiger partial charge in [-0.1, -0.05) is 30.3 Å². The van der Waals surface area contributed by atoms with Gasteiger partial charge in [0.2, 0.25) is 5.78 Å². The van der Waals surface area contributed by atoms with Gasteiger partial charge in [-0.05, 0) is 42.0 Å². The van der Waals surface area contributed by atoms with Gasteiger partial charge in [0.05, 0.1) is 23.7 Å². The van der Waals surface area contributed by atoms with Crippen LogP contribution in [0.1, 0.15) is 27.0 Å². The molecule has 0 aliphatic carbocycles. The Morgan fingerprint density at radius 2 is 1.82 bits per heavy atom. The Kier molecular flexibility index (Phi) is 5.96. The highest BCUT2D eigenvalue weighted by Gasteiger charge is 2.27. The van der Waals surface area contributed by atoms with Crippen molar-refractivity contribution in [2.45, 2.75) is 6.61 Å². The molecule has 1 heterocycles. The lowest BCUT2D eigenvalue weighted by molar-refractivity contribution is -0.385. The number of aromatic nitrogens is 1. The molecule has 0 fully saturated rings. The third kappa shape index (κ3) is 4.20. The van der Waals surface area contributed by atoms with E-state index in [1.165, 1.54) is 31.4 Å². The highest BCUT2D eigenvalue weighted by Crippen LogP contribution is 2.39. The maximum Gasteiger partial charge on any atom is 0.299 e. The average Bonchev–Trinajstić information content (AvgIpc) is 2.86. The van der Waals surface area contributed by atoms with Gasteiger partial charge in [-0.25, -0.2) is 4.98 Å². The van der Waals surface area contributed by atoms with Crippen LogP contribution in [-0.2, 0) is 6.61 Å². The topological polar surface area (TPSA) is 115 Å². The molecule has 8 heteroatoms. The fourth-order valence-corrected chi connectivity index (χ4v) is 3.46. The number of carbonyl (C=O) groups excluding carboxylic acids is 1. The zero-order valence-electron chi connectivity index (χ0n) is 17.5. The van der Waals surface area contributed by atoms with E-state index in [0.29, 0.717) is 11.3 Å². The molecule has 33 heavy (non-hydrogen) atoms. The second-order valence-corrected chi connectivity index (χ2v) is 7.06. The third-order valence-electron chi connectivity index (χ3n) is 5.08. The van der Waals surface area contributed by atoms with Crippen molar-refractivity contribution in [1.82, 2.24) is 4.98 Å². The van der Waals surface area contributed by atoms with Gasteiger partial charge in [0.1, 0.15) is 23.9 Å². The molecule has 162 valence electrons. The summed E-state index contributed by atoms with van der Waals surface area (Å²) in [7, 11) is 1.48. The molecule has 3 aromatic carbocycles. The van der Waals surface area contributed by atoms with Crippen molar-refractivity contribution in [2.75, 3.05) is 7.11 Å². The largest absolute Gasteiger partial charge is 0.493 e. The third-order valence-corrected chi connectivity index (χ3v) is 5.08. The lowest BCUT2D eigenvalue weighted by Gasteiger charge is -2.14. The fraction of sp³-hybridized carbons (Fsp3) is 0.0800. The maximum absolute atomic E-state index is 13.3. The molecule has 1 aromatic heterocycles. The van der Waals surface area contributed by atoms with Crippen molar-refractivity contribution in [3.05, 3.63) is 105 Å². The second kappa shape index (κ2) is 9.16. The summed E-state index contributed by atoms with van der Waals surface area (Å²) in [6.07, 6.45) is 1.05. The number of nitrogens with zero attached hydrogens (tertiary/aromatic N) is 3. The Bertz CT molecular complexity index is 1390. The van der Waals surface area contributed by atoms with Crippen molar-refractivity contribution in [2.24, 2.45) is 0 Å². The molecule has 0 amide bonds. The molecule has 8 nitrogen and oxygen atoms in total. The molecule has 0 unspecified atom stereocenters. The van der Waals surface area contributed by atoms with E-state index >= 15 is 0 Å². The molecule has 0 saturated carbocycles. The number of rotatable bonds is 7. The number of carbonyl (C=O) groups is 1. The van der Waals surface area contributed by atoms with E-state index < -0.39 is 16.4 Å². The van der Waals surface area contributed by atoms with Crippen molar-refractivity contribution in [3.63, 3.8) is 0 Å². The molecule has 0 aliphatic heterocycles. The molecule has 0 radical (unpaired) electrons. The number of fused-ring (bicyclic) bond motifs is 1. The lowest BCUT2D eigenvalue weighted by Crippen LogP contribution is -2.08. The molecule has 0 bridgehead atoms. The smallest absolute Gasteiger partial charge is 0.299 e. The molecule has 0 atom stereocenters. The Morgan fingerprint density at radius 3 is 2.45 bits per heavy atom. The first-order valence-corrected chi connectivity index (χ1v) is 9.89. The molecule has 0 N–H and O–H groups in total. The lowest BCUT2D eigenvalue weighted by atomic mass is 9.97. The Labute approximate surface area is 188 Å². The number of ketones is 1. The Balaban J connectivity index is 1.87. The van der Waals surface area contributed by atoms with Gasteiger partial charge in [-0.3, -0.25) is 14.9 Å². The van der Waals surface area contributed by atoms with Crippen LogP contribution in [0.2, 0.25) is 0 Å². The number of hydrogen-bond donors (Lipinski definition) is 0.